The maximum atomic E-state index is 12.8. The van der Waals surface area contributed by atoms with Gasteiger partial charge in [-0.2, -0.15) is 8.78 Å². The highest BCUT2D eigenvalue weighted by atomic mass is 35.5. The fourth-order valence-electron chi connectivity index (χ4n) is 3.09. The van der Waals surface area contributed by atoms with Gasteiger partial charge in [0, 0.05) is 12.1 Å². The van der Waals surface area contributed by atoms with Gasteiger partial charge in [0.2, 0.25) is 0 Å². The summed E-state index contributed by atoms with van der Waals surface area (Å²) in [5, 5.41) is 13.9. The molecule has 0 unspecified atom stereocenters. The molecule has 2 N–H and O–H groups in total. The third-order valence-corrected chi connectivity index (χ3v) is 4.43. The molecular weight excluding hydrogens is 408 g/mol. The number of benzene rings is 1. The van der Waals surface area contributed by atoms with Crippen LogP contribution in [0.1, 0.15) is 41.9 Å². The van der Waals surface area contributed by atoms with Crippen molar-refractivity contribution in [3.8, 4) is 11.5 Å². The van der Waals surface area contributed by atoms with Crippen molar-refractivity contribution in [1.29, 1.82) is 0 Å². The smallest absolute Gasteiger partial charge is 0.387 e. The predicted molar refractivity (Wildman–Crippen MR) is 104 cm³/mol. The molecule has 11 heteroatoms. The van der Waals surface area contributed by atoms with Crippen molar-refractivity contribution in [2.45, 2.75) is 39.0 Å². The van der Waals surface area contributed by atoms with Gasteiger partial charge >= 0.3 is 6.61 Å². The molecule has 0 bridgehead atoms. The summed E-state index contributed by atoms with van der Waals surface area (Å²) in [6, 6.07) is 4.99. The van der Waals surface area contributed by atoms with E-state index in [2.05, 4.69) is 25.7 Å². The first-order chi connectivity index (χ1) is 13.6. The normalized spacial score (nSPS) is 14.3. The molecule has 0 atom stereocenters. The van der Waals surface area contributed by atoms with Crippen molar-refractivity contribution >= 4 is 18.3 Å². The van der Waals surface area contributed by atoms with Crippen LogP contribution in [-0.2, 0) is 6.54 Å². The Bertz CT molecular complexity index is 800. The van der Waals surface area contributed by atoms with Crippen LogP contribution < -0.4 is 20.1 Å². The van der Waals surface area contributed by atoms with E-state index in [1.54, 1.807) is 29.9 Å². The predicted octanol–water partition coefficient (Wildman–Crippen LogP) is 2.55. The van der Waals surface area contributed by atoms with E-state index in [1.165, 1.54) is 6.07 Å². The van der Waals surface area contributed by atoms with Crippen molar-refractivity contribution in [3.63, 3.8) is 0 Å². The van der Waals surface area contributed by atoms with Crippen LogP contribution in [0.15, 0.2) is 24.4 Å². The Morgan fingerprint density at radius 1 is 1.38 bits per heavy atom. The second kappa shape index (κ2) is 10.9. The third kappa shape index (κ3) is 6.01. The number of halogens is 3. The number of nitrogens with zero attached hydrogens (tertiary/aromatic N) is 3. The minimum Gasteiger partial charge on any atom is -0.490 e. The van der Waals surface area contributed by atoms with Gasteiger partial charge in [-0.1, -0.05) is 17.3 Å². The molecule has 29 heavy (non-hydrogen) atoms. The van der Waals surface area contributed by atoms with Gasteiger partial charge in [0.1, 0.15) is 0 Å². The zero-order chi connectivity index (χ0) is 19.9. The Morgan fingerprint density at radius 2 is 2.14 bits per heavy atom. The van der Waals surface area contributed by atoms with Gasteiger partial charge in [-0.15, -0.1) is 17.5 Å². The molecule has 3 rings (SSSR count). The average molecular weight is 432 g/mol. The van der Waals surface area contributed by atoms with Crippen LogP contribution in [0.5, 0.6) is 11.5 Å². The lowest BCUT2D eigenvalue weighted by molar-refractivity contribution is -0.0520. The summed E-state index contributed by atoms with van der Waals surface area (Å²) in [4.78, 5) is 12.4. The minimum atomic E-state index is -3.00. The summed E-state index contributed by atoms with van der Waals surface area (Å²) in [5.41, 5.74) is 0.557. The van der Waals surface area contributed by atoms with Crippen molar-refractivity contribution in [2.75, 3.05) is 19.7 Å². The fourth-order valence-corrected chi connectivity index (χ4v) is 3.09. The van der Waals surface area contributed by atoms with Gasteiger partial charge in [0.05, 0.1) is 18.8 Å². The van der Waals surface area contributed by atoms with E-state index in [1.807, 2.05) is 0 Å². The van der Waals surface area contributed by atoms with Crippen LogP contribution in [-0.4, -0.2) is 47.2 Å². The number of amides is 1. The largest absolute Gasteiger partial charge is 0.490 e. The summed E-state index contributed by atoms with van der Waals surface area (Å²) < 4.78 is 37.2. The maximum Gasteiger partial charge on any atom is 0.387 e. The summed E-state index contributed by atoms with van der Waals surface area (Å²) in [5.74, 6) is -0.325. The van der Waals surface area contributed by atoms with Gasteiger partial charge in [0.25, 0.3) is 5.91 Å². The van der Waals surface area contributed by atoms with Crippen LogP contribution >= 0.6 is 12.4 Å². The van der Waals surface area contributed by atoms with Gasteiger partial charge in [-0.05, 0) is 38.9 Å². The number of hydrogen-bond acceptors (Lipinski definition) is 6. The van der Waals surface area contributed by atoms with Crippen LogP contribution in [0, 0.1) is 0 Å². The SMILES string of the molecule is CCOc1cccc(CNC(=O)c2cn(C3CCNCC3)nn2)c1OC(F)F.Cl. The molecule has 1 aliphatic rings. The molecule has 1 amide bonds. The van der Waals surface area contributed by atoms with Crippen molar-refractivity contribution in [1.82, 2.24) is 25.6 Å². The fraction of sp³-hybridized carbons (Fsp3) is 0.500. The Labute approximate surface area is 173 Å². The molecule has 8 nitrogen and oxygen atoms in total. The molecule has 0 spiro atoms. The first-order valence-corrected chi connectivity index (χ1v) is 9.18. The standard InChI is InChI=1S/C18H23F2N5O3.ClH/c1-2-27-15-5-3-4-12(16(15)28-18(19)20)10-22-17(26)14-11-25(24-23-14)13-6-8-21-9-7-13;/h3-5,11,13,18,21H,2,6-10H2,1H3,(H,22,26);1H. The van der Waals surface area contributed by atoms with E-state index in [-0.39, 0.29) is 42.2 Å². The number of rotatable bonds is 8. The lowest BCUT2D eigenvalue weighted by Crippen LogP contribution is -2.29. The van der Waals surface area contributed by atoms with E-state index in [0.29, 0.717) is 12.2 Å². The summed E-state index contributed by atoms with van der Waals surface area (Å²) >= 11 is 0. The lowest BCUT2D eigenvalue weighted by Gasteiger charge is -2.22. The van der Waals surface area contributed by atoms with Gasteiger partial charge in [0.15, 0.2) is 17.2 Å². The molecule has 1 aromatic heterocycles. The first kappa shape index (κ1) is 22.8. The van der Waals surface area contributed by atoms with E-state index >= 15 is 0 Å². The number of piperidine rings is 1. The summed E-state index contributed by atoms with van der Waals surface area (Å²) in [7, 11) is 0. The van der Waals surface area contributed by atoms with Crippen molar-refractivity contribution < 1.29 is 23.0 Å². The topological polar surface area (TPSA) is 90.3 Å². The van der Waals surface area contributed by atoms with Gasteiger partial charge in [-0.25, -0.2) is 4.68 Å². The molecule has 0 radical (unpaired) electrons. The van der Waals surface area contributed by atoms with E-state index in [4.69, 9.17) is 4.74 Å². The maximum absolute atomic E-state index is 12.8. The number of hydrogen-bond donors (Lipinski definition) is 2. The van der Waals surface area contributed by atoms with E-state index < -0.39 is 12.5 Å². The molecule has 1 fully saturated rings. The van der Waals surface area contributed by atoms with Crippen LogP contribution in [0.2, 0.25) is 0 Å². The zero-order valence-corrected chi connectivity index (χ0v) is 16.8. The molecule has 0 aliphatic carbocycles. The van der Waals surface area contributed by atoms with Crippen LogP contribution in [0.3, 0.4) is 0 Å². The number of nitrogens with one attached hydrogen (secondary N) is 2. The number of carbonyl (C=O) groups excluding carboxylic acids is 1. The highest BCUT2D eigenvalue weighted by Gasteiger charge is 2.20. The lowest BCUT2D eigenvalue weighted by atomic mass is 10.1. The van der Waals surface area contributed by atoms with E-state index in [9.17, 15) is 13.6 Å². The first-order valence-electron chi connectivity index (χ1n) is 9.18. The number of ether oxygens (including phenoxy) is 2. The second-order valence-corrected chi connectivity index (χ2v) is 6.30. The highest BCUT2D eigenvalue weighted by Crippen LogP contribution is 2.32. The van der Waals surface area contributed by atoms with Gasteiger partial charge < -0.3 is 20.1 Å². The van der Waals surface area contributed by atoms with Crippen molar-refractivity contribution in [2.24, 2.45) is 0 Å². The Balaban J connectivity index is 0.00000300. The number of para-hydroxylation sites is 1. The Morgan fingerprint density at radius 3 is 2.83 bits per heavy atom. The molecule has 1 aromatic carbocycles. The summed E-state index contributed by atoms with van der Waals surface area (Å²) in [6.07, 6.45) is 3.45. The quantitative estimate of drug-likeness (QED) is 0.667. The molecule has 1 saturated heterocycles. The van der Waals surface area contributed by atoms with E-state index in [0.717, 1.165) is 25.9 Å². The highest BCUT2D eigenvalue weighted by molar-refractivity contribution is 5.91. The number of alkyl halides is 2. The summed E-state index contributed by atoms with van der Waals surface area (Å²) in [6.45, 7) is 0.828. The number of aromatic nitrogens is 3. The van der Waals surface area contributed by atoms with Gasteiger partial charge in [-0.3, -0.25) is 4.79 Å². The molecule has 1 aliphatic heterocycles. The zero-order valence-electron chi connectivity index (χ0n) is 15.9. The van der Waals surface area contributed by atoms with Crippen LogP contribution in [0.4, 0.5) is 8.78 Å². The molecule has 2 aromatic rings. The van der Waals surface area contributed by atoms with Crippen molar-refractivity contribution in [3.05, 3.63) is 35.7 Å². The minimum absolute atomic E-state index is 0. The second-order valence-electron chi connectivity index (χ2n) is 6.30. The molecule has 160 valence electrons. The number of carbonyl (C=O) groups is 1. The van der Waals surface area contributed by atoms with Crippen LogP contribution in [0.25, 0.3) is 0 Å². The molecular formula is C18H24ClF2N5O3. The molecule has 0 saturated carbocycles. The monoisotopic (exact) mass is 431 g/mol. The third-order valence-electron chi connectivity index (χ3n) is 4.43. The Kier molecular flexibility index (Phi) is 8.59. The Hall–Kier alpha value is -2.46. The molecule has 2 heterocycles. The average Bonchev–Trinajstić information content (AvgIpc) is 3.19.